The molecule has 2 heteroatoms. The van der Waals surface area contributed by atoms with Gasteiger partial charge < -0.3 is 9.47 Å². The smallest absolute Gasteiger partial charge is 0.0598 e. The Balaban J connectivity index is 0. The predicted molar refractivity (Wildman–Crippen MR) is 85.8 cm³/mol. The van der Waals surface area contributed by atoms with Crippen molar-refractivity contribution in [2.45, 2.75) is 86.7 Å². The first-order valence-corrected chi connectivity index (χ1v) is 8.02. The molecule has 0 aromatic heterocycles. The predicted octanol–water partition coefficient (Wildman–Crippen LogP) is 5.45. The van der Waals surface area contributed by atoms with Crippen LogP contribution in [0.5, 0.6) is 0 Å². The van der Waals surface area contributed by atoms with E-state index < -0.39 is 0 Å². The third-order valence-electron chi connectivity index (χ3n) is 3.29. The van der Waals surface area contributed by atoms with Crippen LogP contribution >= 0.6 is 0 Å². The van der Waals surface area contributed by atoms with Gasteiger partial charge in [0.05, 0.1) is 12.2 Å². The van der Waals surface area contributed by atoms with Crippen molar-refractivity contribution >= 4 is 0 Å². The quantitative estimate of drug-likeness (QED) is 0.548. The van der Waals surface area contributed by atoms with Gasteiger partial charge in [0.2, 0.25) is 0 Å². The van der Waals surface area contributed by atoms with E-state index >= 15 is 0 Å². The van der Waals surface area contributed by atoms with Gasteiger partial charge in [0.25, 0.3) is 0 Å². The summed E-state index contributed by atoms with van der Waals surface area (Å²) >= 11 is 0. The zero-order chi connectivity index (χ0) is 15.4. The van der Waals surface area contributed by atoms with Gasteiger partial charge in [-0.25, -0.2) is 0 Å². The van der Waals surface area contributed by atoms with Crippen LogP contribution in [0.2, 0.25) is 0 Å². The second kappa shape index (κ2) is 11.7. The monoisotopic (exact) mass is 274 g/mol. The number of hydrogen-bond acceptors (Lipinski definition) is 2. The first-order chi connectivity index (χ1) is 8.80. The van der Waals surface area contributed by atoms with Gasteiger partial charge in [0, 0.05) is 13.2 Å². The number of rotatable bonds is 8. The zero-order valence-electron chi connectivity index (χ0n) is 14.8. The van der Waals surface area contributed by atoms with Gasteiger partial charge in [0.1, 0.15) is 0 Å². The van der Waals surface area contributed by atoms with Crippen LogP contribution in [0, 0.1) is 5.41 Å². The van der Waals surface area contributed by atoms with Crippen LogP contribution in [-0.4, -0.2) is 25.4 Å². The van der Waals surface area contributed by atoms with Crippen molar-refractivity contribution in [3.05, 3.63) is 0 Å². The molecule has 118 valence electrons. The van der Waals surface area contributed by atoms with Gasteiger partial charge in [-0.05, 0) is 52.4 Å². The summed E-state index contributed by atoms with van der Waals surface area (Å²) in [5, 5.41) is 0. The molecule has 0 saturated carbocycles. The zero-order valence-corrected chi connectivity index (χ0v) is 14.8. The molecule has 0 aliphatic heterocycles. The number of ether oxygens (including phenoxy) is 2. The maximum Gasteiger partial charge on any atom is 0.0598 e. The standard InChI is InChI=1S/C14H30O2.C3H8/c1-7-14(8-2,10-11-15-9-3)12-16-13(4,5)6;1-3-2/h7-12H2,1-6H3;3H2,1-2H3. The van der Waals surface area contributed by atoms with Gasteiger partial charge >= 0.3 is 0 Å². The molecule has 0 atom stereocenters. The van der Waals surface area contributed by atoms with Crippen LogP contribution in [0.25, 0.3) is 0 Å². The fourth-order valence-corrected chi connectivity index (χ4v) is 1.68. The van der Waals surface area contributed by atoms with Crippen LogP contribution < -0.4 is 0 Å². The molecule has 0 aromatic rings. The van der Waals surface area contributed by atoms with E-state index in [-0.39, 0.29) is 5.60 Å². The van der Waals surface area contributed by atoms with E-state index in [9.17, 15) is 0 Å². The SMILES string of the molecule is CCC.CCOCCC(CC)(CC)COC(C)(C)C. The Morgan fingerprint density at radius 1 is 0.842 bits per heavy atom. The Kier molecular flexibility index (Phi) is 13.1. The summed E-state index contributed by atoms with van der Waals surface area (Å²) in [7, 11) is 0. The van der Waals surface area contributed by atoms with E-state index in [1.165, 1.54) is 6.42 Å². The van der Waals surface area contributed by atoms with E-state index in [0.717, 1.165) is 39.1 Å². The first-order valence-electron chi connectivity index (χ1n) is 8.02. The Morgan fingerprint density at radius 2 is 1.32 bits per heavy atom. The molecule has 0 saturated heterocycles. The fraction of sp³-hybridized carbons (Fsp3) is 1.00. The van der Waals surface area contributed by atoms with Gasteiger partial charge in [-0.3, -0.25) is 0 Å². The average molecular weight is 274 g/mol. The highest BCUT2D eigenvalue weighted by Crippen LogP contribution is 2.32. The maximum absolute atomic E-state index is 5.95. The van der Waals surface area contributed by atoms with Gasteiger partial charge in [0.15, 0.2) is 0 Å². The molecular weight excluding hydrogens is 236 g/mol. The van der Waals surface area contributed by atoms with Crippen molar-refractivity contribution in [1.29, 1.82) is 0 Å². The lowest BCUT2D eigenvalue weighted by Crippen LogP contribution is -2.32. The molecule has 2 nitrogen and oxygen atoms in total. The largest absolute Gasteiger partial charge is 0.382 e. The van der Waals surface area contributed by atoms with E-state index in [2.05, 4.69) is 48.5 Å². The van der Waals surface area contributed by atoms with Crippen molar-refractivity contribution in [3.63, 3.8) is 0 Å². The minimum Gasteiger partial charge on any atom is -0.382 e. The van der Waals surface area contributed by atoms with Crippen LogP contribution in [0.3, 0.4) is 0 Å². The molecule has 19 heavy (non-hydrogen) atoms. The van der Waals surface area contributed by atoms with Crippen molar-refractivity contribution in [2.24, 2.45) is 5.41 Å². The summed E-state index contributed by atoms with van der Waals surface area (Å²) in [5.41, 5.74) is 0.254. The van der Waals surface area contributed by atoms with E-state index in [1.54, 1.807) is 0 Å². The minimum atomic E-state index is -0.0405. The lowest BCUT2D eigenvalue weighted by atomic mass is 9.80. The van der Waals surface area contributed by atoms with E-state index in [4.69, 9.17) is 9.47 Å². The maximum atomic E-state index is 5.95. The lowest BCUT2D eigenvalue weighted by Gasteiger charge is -2.34. The highest BCUT2D eigenvalue weighted by molar-refractivity contribution is 4.77. The molecule has 0 amide bonds. The third kappa shape index (κ3) is 12.7. The summed E-state index contributed by atoms with van der Waals surface area (Å²) in [4.78, 5) is 0. The minimum absolute atomic E-state index is 0.0405. The molecule has 0 N–H and O–H groups in total. The van der Waals surface area contributed by atoms with Crippen molar-refractivity contribution in [2.75, 3.05) is 19.8 Å². The summed E-state index contributed by atoms with van der Waals surface area (Å²) in [5.74, 6) is 0. The van der Waals surface area contributed by atoms with Crippen LogP contribution in [0.4, 0.5) is 0 Å². The Hall–Kier alpha value is -0.0800. The second-order valence-electron chi connectivity index (χ2n) is 6.26. The molecule has 0 spiro atoms. The lowest BCUT2D eigenvalue weighted by molar-refractivity contribution is -0.0641. The average Bonchev–Trinajstić information content (AvgIpc) is 2.34. The summed E-state index contributed by atoms with van der Waals surface area (Å²) < 4.78 is 11.4. The third-order valence-corrected chi connectivity index (χ3v) is 3.29. The van der Waals surface area contributed by atoms with Crippen LogP contribution in [-0.2, 0) is 9.47 Å². The molecule has 0 radical (unpaired) electrons. The normalized spacial score (nSPS) is 12.0. The number of hydrogen-bond donors (Lipinski definition) is 0. The van der Waals surface area contributed by atoms with Crippen molar-refractivity contribution < 1.29 is 9.47 Å². The fourth-order valence-electron chi connectivity index (χ4n) is 1.68. The Bertz CT molecular complexity index is 178. The van der Waals surface area contributed by atoms with Crippen LogP contribution in [0.15, 0.2) is 0 Å². The molecule has 0 fully saturated rings. The summed E-state index contributed by atoms with van der Waals surface area (Å²) in [6, 6.07) is 0. The summed E-state index contributed by atoms with van der Waals surface area (Å²) in [6.07, 6.45) is 4.67. The highest BCUT2D eigenvalue weighted by Gasteiger charge is 2.28. The van der Waals surface area contributed by atoms with E-state index in [0.29, 0.717) is 5.41 Å². The Morgan fingerprint density at radius 3 is 1.63 bits per heavy atom. The van der Waals surface area contributed by atoms with E-state index in [1.807, 2.05) is 6.92 Å². The molecule has 0 heterocycles. The molecule has 0 aromatic carbocycles. The molecule has 0 bridgehead atoms. The molecule has 0 rings (SSSR count). The summed E-state index contributed by atoms with van der Waals surface area (Å²) in [6.45, 7) is 19.7. The molecule has 0 aliphatic rings. The Labute approximate surface area is 122 Å². The van der Waals surface area contributed by atoms with Gasteiger partial charge in [-0.15, -0.1) is 0 Å². The highest BCUT2D eigenvalue weighted by atomic mass is 16.5. The first kappa shape index (κ1) is 21.2. The van der Waals surface area contributed by atoms with Crippen LogP contribution in [0.1, 0.15) is 81.1 Å². The van der Waals surface area contributed by atoms with Gasteiger partial charge in [-0.1, -0.05) is 34.1 Å². The second-order valence-corrected chi connectivity index (χ2v) is 6.26. The van der Waals surface area contributed by atoms with Gasteiger partial charge in [-0.2, -0.15) is 0 Å². The van der Waals surface area contributed by atoms with Crippen molar-refractivity contribution in [1.82, 2.24) is 0 Å². The molecule has 0 unspecified atom stereocenters. The molecule has 0 aliphatic carbocycles. The topological polar surface area (TPSA) is 18.5 Å². The van der Waals surface area contributed by atoms with Crippen molar-refractivity contribution in [3.8, 4) is 0 Å². The molecular formula is C17H38O2.